The topological polar surface area (TPSA) is 146 Å². The Morgan fingerprint density at radius 1 is 0.931 bits per heavy atom. The molecular formula is C44H58N10O3S. The van der Waals surface area contributed by atoms with Crippen molar-refractivity contribution >= 4 is 50.1 Å². The number of nitrogens with one attached hydrogen (secondary N) is 2. The van der Waals surface area contributed by atoms with E-state index in [9.17, 15) is 9.90 Å². The van der Waals surface area contributed by atoms with Crippen molar-refractivity contribution in [2.24, 2.45) is 16.2 Å². The molecule has 0 radical (unpaired) electrons. The van der Waals surface area contributed by atoms with Crippen LogP contribution in [-0.4, -0.2) is 98.9 Å². The van der Waals surface area contributed by atoms with Crippen molar-refractivity contribution in [2.45, 2.75) is 91.2 Å². The zero-order valence-corrected chi connectivity index (χ0v) is 35.9. The molecule has 14 heteroatoms. The lowest BCUT2D eigenvalue weighted by Gasteiger charge is -2.69. The lowest BCUT2D eigenvalue weighted by molar-refractivity contribution is -0.248. The first kappa shape index (κ1) is 40.3. The van der Waals surface area contributed by atoms with E-state index in [2.05, 4.69) is 65.3 Å². The number of ether oxygens (including phenoxy) is 1. The fourth-order valence-electron chi connectivity index (χ4n) is 11.4. The molecular weight excluding hydrogens is 749 g/mol. The zero-order valence-electron chi connectivity index (χ0n) is 35.1. The van der Waals surface area contributed by atoms with E-state index in [0.717, 1.165) is 103 Å². The van der Waals surface area contributed by atoms with Gasteiger partial charge >= 0.3 is 5.97 Å². The highest BCUT2D eigenvalue weighted by atomic mass is 32.1. The van der Waals surface area contributed by atoms with Gasteiger partial charge in [0.25, 0.3) is 0 Å². The molecule has 308 valence electrons. The van der Waals surface area contributed by atoms with Crippen LogP contribution >= 0.6 is 11.3 Å². The molecule has 4 bridgehead atoms. The first-order valence-electron chi connectivity index (χ1n) is 20.6. The van der Waals surface area contributed by atoms with E-state index in [1.54, 1.807) is 11.3 Å². The number of aromatic nitrogens is 6. The number of carboxylic acids is 1. The second-order valence-corrected chi connectivity index (χ2v) is 19.5. The van der Waals surface area contributed by atoms with Crippen LogP contribution in [0.15, 0.2) is 48.7 Å². The number of nitrogens with zero attached hydrogens (tertiary/aromatic N) is 8. The fourth-order valence-corrected chi connectivity index (χ4v) is 12.3. The summed E-state index contributed by atoms with van der Waals surface area (Å²) in [7, 11) is 6.15. The van der Waals surface area contributed by atoms with Gasteiger partial charge in [0.05, 0.1) is 28.6 Å². The lowest BCUT2D eigenvalue weighted by atomic mass is 9.39. The van der Waals surface area contributed by atoms with E-state index in [0.29, 0.717) is 29.6 Å². The average Bonchev–Trinajstić information content (AvgIpc) is 3.72. The number of carbonyl (C=O) groups is 1. The number of benzene rings is 1. The molecule has 4 aliphatic carbocycles. The minimum Gasteiger partial charge on any atom is -0.476 e. The smallest absolute Gasteiger partial charge is 0.355 e. The van der Waals surface area contributed by atoms with Crippen LogP contribution in [0.5, 0.6) is 0 Å². The Balaban J connectivity index is 1.07. The molecule has 0 aliphatic heterocycles. The molecule has 4 fully saturated rings. The lowest BCUT2D eigenvalue weighted by Crippen LogP contribution is -2.64. The van der Waals surface area contributed by atoms with Gasteiger partial charge in [-0.3, -0.25) is 4.68 Å². The van der Waals surface area contributed by atoms with E-state index in [4.69, 9.17) is 19.8 Å². The highest BCUT2D eigenvalue weighted by molar-refractivity contribution is 7.22. The number of fused-ring (bicyclic) bond motifs is 1. The zero-order chi connectivity index (χ0) is 40.9. The molecule has 0 amide bonds. The summed E-state index contributed by atoms with van der Waals surface area (Å²) in [6.07, 6.45) is 10.4. The summed E-state index contributed by atoms with van der Waals surface area (Å²) in [5, 5.41) is 32.1. The van der Waals surface area contributed by atoms with Gasteiger partial charge in [-0.1, -0.05) is 37.3 Å². The Morgan fingerprint density at radius 2 is 1.71 bits per heavy atom. The Morgan fingerprint density at radius 3 is 2.41 bits per heavy atom. The van der Waals surface area contributed by atoms with Crippen molar-refractivity contribution in [2.75, 3.05) is 57.6 Å². The van der Waals surface area contributed by atoms with Gasteiger partial charge in [0, 0.05) is 36.5 Å². The van der Waals surface area contributed by atoms with Crippen LogP contribution in [0.25, 0.3) is 21.3 Å². The molecule has 58 heavy (non-hydrogen) atoms. The van der Waals surface area contributed by atoms with Gasteiger partial charge in [-0.25, -0.2) is 14.8 Å². The summed E-state index contributed by atoms with van der Waals surface area (Å²) < 4.78 is 10.1. The summed E-state index contributed by atoms with van der Waals surface area (Å²) >= 11 is 1.56. The summed E-state index contributed by atoms with van der Waals surface area (Å²) in [6.45, 7) is 12.9. The average molecular weight is 807 g/mol. The highest BCUT2D eigenvalue weighted by Gasteiger charge is 2.66. The molecule has 0 spiro atoms. The SMILES string of the molecule is CNCCCCN(c1cc(C)c(Nc2nc3ccccc3s2)nn1)c1ccc(-c2cnn(CC34CC5(OCCN(C)C)C[C@](C)(C3)C[C@](C)(C4)C5)c2C)c(C(=O)O)n1. The van der Waals surface area contributed by atoms with Crippen molar-refractivity contribution in [1.29, 1.82) is 0 Å². The number of aromatic carboxylic acids is 1. The molecule has 5 aromatic rings. The number of aryl methyl sites for hydroxylation is 1. The van der Waals surface area contributed by atoms with Crippen LogP contribution in [0.3, 0.4) is 0 Å². The Labute approximate surface area is 345 Å². The fraction of sp³-hybridized carbons (Fsp3) is 0.545. The molecule has 9 rings (SSSR count). The van der Waals surface area contributed by atoms with Crippen molar-refractivity contribution < 1.29 is 14.6 Å². The number of hydrogen-bond acceptors (Lipinski definition) is 12. The molecule has 1 aromatic carbocycles. The number of likely N-dealkylation sites (N-methyl/N-ethyl adjacent to an activating group) is 1. The van der Waals surface area contributed by atoms with E-state index in [1.807, 2.05) is 67.5 Å². The van der Waals surface area contributed by atoms with Gasteiger partial charge in [0.2, 0.25) is 0 Å². The molecule has 4 saturated carbocycles. The van der Waals surface area contributed by atoms with Gasteiger partial charge < -0.3 is 30.3 Å². The summed E-state index contributed by atoms with van der Waals surface area (Å²) in [5.74, 6) is 0.629. The number of carboxylic acid groups (broad SMARTS) is 1. The largest absolute Gasteiger partial charge is 0.476 e. The normalized spacial score (nSPS) is 24.9. The number of rotatable bonds is 17. The minimum absolute atomic E-state index is 0.0118. The Bertz CT molecular complexity index is 2250. The number of anilines is 4. The molecule has 4 aromatic heterocycles. The van der Waals surface area contributed by atoms with Crippen molar-refractivity contribution in [1.82, 2.24) is 40.2 Å². The maximum atomic E-state index is 13.0. The number of thiazole rings is 1. The third-order valence-electron chi connectivity index (χ3n) is 12.7. The molecule has 4 aliphatic rings. The number of unbranched alkanes of at least 4 members (excludes halogenated alkanes) is 1. The number of hydrogen-bond donors (Lipinski definition) is 3. The van der Waals surface area contributed by atoms with E-state index < -0.39 is 5.97 Å². The van der Waals surface area contributed by atoms with Crippen LogP contribution in [-0.2, 0) is 11.3 Å². The van der Waals surface area contributed by atoms with Crippen molar-refractivity contribution in [3.8, 4) is 11.1 Å². The van der Waals surface area contributed by atoms with Gasteiger partial charge in [0.1, 0.15) is 5.82 Å². The standard InChI is InChI=1S/C44H58N10O3S/c1-29-20-36(50-51-38(29)49-40-47-33-12-8-9-13-34(33)58-40)53(17-11-10-16-45-5)35-15-14-31(37(48-35)39(55)56)32-21-46-54(30(32)2)28-43-23-41(3)22-42(4,24-43)26-44(25-41,27-43)57-19-18-52(6)7/h8-9,12-15,20-21,45H,10-11,16-19,22-28H2,1-7H3,(H,55,56)(H,47,49,51)/t41-,42+,43?,44?. The van der Waals surface area contributed by atoms with Crippen LogP contribution in [0.2, 0.25) is 0 Å². The van der Waals surface area contributed by atoms with Crippen LogP contribution < -0.4 is 15.5 Å². The number of para-hydroxylation sites is 1. The molecule has 3 N–H and O–H groups in total. The number of pyridine rings is 1. The second-order valence-electron chi connectivity index (χ2n) is 18.5. The first-order chi connectivity index (χ1) is 27.7. The van der Waals surface area contributed by atoms with Gasteiger partial charge in [-0.2, -0.15) is 5.10 Å². The Hall–Kier alpha value is -4.50. The van der Waals surface area contributed by atoms with Crippen LogP contribution in [0.4, 0.5) is 22.6 Å². The summed E-state index contributed by atoms with van der Waals surface area (Å²) in [5.41, 5.74) is 4.52. The second kappa shape index (κ2) is 15.6. The van der Waals surface area contributed by atoms with Gasteiger partial charge in [-0.15, -0.1) is 10.2 Å². The first-order valence-corrected chi connectivity index (χ1v) is 21.5. The van der Waals surface area contributed by atoms with E-state index in [-0.39, 0.29) is 27.5 Å². The predicted octanol–water partition coefficient (Wildman–Crippen LogP) is 8.24. The van der Waals surface area contributed by atoms with Crippen LogP contribution in [0.1, 0.15) is 87.0 Å². The quantitative estimate of drug-likeness (QED) is 0.0778. The van der Waals surface area contributed by atoms with E-state index in [1.165, 1.54) is 6.42 Å². The van der Waals surface area contributed by atoms with Crippen molar-refractivity contribution in [3.63, 3.8) is 0 Å². The minimum atomic E-state index is -1.09. The maximum absolute atomic E-state index is 13.0. The van der Waals surface area contributed by atoms with Gasteiger partial charge in [-0.05, 0) is 145 Å². The third-order valence-corrected chi connectivity index (χ3v) is 13.6. The Kier molecular flexibility index (Phi) is 10.8. The van der Waals surface area contributed by atoms with E-state index >= 15 is 0 Å². The maximum Gasteiger partial charge on any atom is 0.355 e. The van der Waals surface area contributed by atoms with Gasteiger partial charge in [0.15, 0.2) is 22.5 Å². The highest BCUT2D eigenvalue weighted by Crippen LogP contribution is 2.72. The monoisotopic (exact) mass is 806 g/mol. The predicted molar refractivity (Wildman–Crippen MR) is 231 cm³/mol. The molecule has 2 unspecified atom stereocenters. The molecule has 0 saturated heterocycles. The van der Waals surface area contributed by atoms with Crippen LogP contribution in [0, 0.1) is 30.1 Å². The summed E-state index contributed by atoms with van der Waals surface area (Å²) in [4.78, 5) is 26.7. The molecule has 4 atom stereocenters. The summed E-state index contributed by atoms with van der Waals surface area (Å²) in [6, 6.07) is 13.8. The van der Waals surface area contributed by atoms with Crippen molar-refractivity contribution in [3.05, 3.63) is 65.6 Å². The molecule has 4 heterocycles. The third kappa shape index (κ3) is 8.08. The molecule has 13 nitrogen and oxygen atoms in total.